The topological polar surface area (TPSA) is 58.6 Å². The van der Waals surface area contributed by atoms with Crippen LogP contribution in [-0.4, -0.2) is 42.6 Å². The molecule has 0 fully saturated rings. The van der Waals surface area contributed by atoms with Crippen molar-refractivity contribution in [1.82, 2.24) is 10.2 Å². The molecule has 0 aromatic rings. The van der Waals surface area contributed by atoms with Crippen LogP contribution in [0, 0.1) is 0 Å². The van der Waals surface area contributed by atoms with Gasteiger partial charge in [0.15, 0.2) is 0 Å². The van der Waals surface area contributed by atoms with Crippen molar-refractivity contribution in [2.45, 2.75) is 33.2 Å². The van der Waals surface area contributed by atoms with E-state index in [2.05, 4.69) is 5.32 Å². The third-order valence-electron chi connectivity index (χ3n) is 1.47. The van der Waals surface area contributed by atoms with Crippen LogP contribution in [0.25, 0.3) is 0 Å². The van der Waals surface area contributed by atoms with E-state index in [-0.39, 0.29) is 18.0 Å². The molecule has 2 amide bonds. The van der Waals surface area contributed by atoms with E-state index in [1.54, 1.807) is 6.92 Å². The van der Waals surface area contributed by atoms with E-state index in [1.807, 2.05) is 20.8 Å². The average Bonchev–Trinajstić information content (AvgIpc) is 2.00. The van der Waals surface area contributed by atoms with Gasteiger partial charge in [0.25, 0.3) is 0 Å². The molecule has 0 rings (SSSR count). The van der Waals surface area contributed by atoms with Crippen LogP contribution >= 0.6 is 0 Å². The summed E-state index contributed by atoms with van der Waals surface area (Å²) in [6, 6.07) is 0. The summed E-state index contributed by atoms with van der Waals surface area (Å²) in [6.45, 7) is 7.70. The zero-order valence-electron chi connectivity index (χ0n) is 10.1. The Morgan fingerprint density at radius 3 is 2.27 bits per heavy atom. The quantitative estimate of drug-likeness (QED) is 0.765. The summed E-state index contributed by atoms with van der Waals surface area (Å²) in [5.41, 5.74) is -0.285. The summed E-state index contributed by atoms with van der Waals surface area (Å²) in [4.78, 5) is 23.8. The van der Waals surface area contributed by atoms with Gasteiger partial charge >= 0.3 is 6.09 Å². The van der Waals surface area contributed by atoms with Crippen LogP contribution in [0.2, 0.25) is 0 Å². The summed E-state index contributed by atoms with van der Waals surface area (Å²) < 4.78 is 4.74. The molecule has 0 aromatic heterocycles. The molecule has 88 valence electrons. The Bertz CT molecular complexity index is 233. The van der Waals surface area contributed by atoms with Crippen molar-refractivity contribution in [3.05, 3.63) is 0 Å². The Hall–Kier alpha value is -1.26. The molecule has 5 heteroatoms. The molecule has 1 N–H and O–H groups in total. The van der Waals surface area contributed by atoms with E-state index in [0.717, 1.165) is 0 Å². The van der Waals surface area contributed by atoms with Gasteiger partial charge in [0, 0.05) is 12.6 Å². The molecule has 0 aromatic carbocycles. The zero-order valence-corrected chi connectivity index (χ0v) is 10.1. The minimum Gasteiger partial charge on any atom is -0.450 e. The van der Waals surface area contributed by atoms with E-state index in [1.165, 1.54) is 11.9 Å². The summed E-state index contributed by atoms with van der Waals surface area (Å²) in [5, 5.41) is 2.76. The molecule has 0 aliphatic heterocycles. The first kappa shape index (κ1) is 13.7. The van der Waals surface area contributed by atoms with Gasteiger partial charge in [-0.25, -0.2) is 4.79 Å². The average molecular weight is 216 g/mol. The lowest BCUT2D eigenvalue weighted by atomic mass is 10.1. The number of hydrogen-bond acceptors (Lipinski definition) is 3. The maximum Gasteiger partial charge on any atom is 0.409 e. The molecule has 0 aliphatic rings. The van der Waals surface area contributed by atoms with Crippen LogP contribution in [0.3, 0.4) is 0 Å². The first-order chi connectivity index (χ1) is 6.76. The van der Waals surface area contributed by atoms with Crippen molar-refractivity contribution in [3.63, 3.8) is 0 Å². The normalized spacial score (nSPS) is 10.7. The first-order valence-electron chi connectivity index (χ1n) is 4.95. The van der Waals surface area contributed by atoms with E-state index < -0.39 is 6.09 Å². The van der Waals surface area contributed by atoms with E-state index in [0.29, 0.717) is 6.61 Å². The van der Waals surface area contributed by atoms with E-state index >= 15 is 0 Å². The lowest BCUT2D eigenvalue weighted by Gasteiger charge is -2.23. The van der Waals surface area contributed by atoms with Crippen LogP contribution in [-0.2, 0) is 9.53 Å². The molecular formula is C10H20N2O3. The molecule has 0 heterocycles. The summed E-state index contributed by atoms with van der Waals surface area (Å²) in [7, 11) is 1.53. The highest BCUT2D eigenvalue weighted by molar-refractivity contribution is 5.82. The molecule has 0 aliphatic carbocycles. The molecule has 0 saturated heterocycles. The number of carbonyl (C=O) groups excluding carboxylic acids is 2. The second kappa shape index (κ2) is 5.58. The number of carbonyl (C=O) groups is 2. The number of likely N-dealkylation sites (N-methyl/N-ethyl adjacent to an activating group) is 1. The van der Waals surface area contributed by atoms with Gasteiger partial charge in [-0.15, -0.1) is 0 Å². The third kappa shape index (κ3) is 6.76. The first-order valence-corrected chi connectivity index (χ1v) is 4.95. The van der Waals surface area contributed by atoms with Crippen molar-refractivity contribution in [1.29, 1.82) is 0 Å². The van der Waals surface area contributed by atoms with E-state index in [9.17, 15) is 9.59 Å². The molecule has 15 heavy (non-hydrogen) atoms. The van der Waals surface area contributed by atoms with Crippen molar-refractivity contribution in [2.75, 3.05) is 20.2 Å². The fraction of sp³-hybridized carbons (Fsp3) is 0.800. The number of ether oxygens (including phenoxy) is 1. The van der Waals surface area contributed by atoms with Crippen molar-refractivity contribution in [2.24, 2.45) is 0 Å². The van der Waals surface area contributed by atoms with Crippen molar-refractivity contribution >= 4 is 12.0 Å². The Morgan fingerprint density at radius 2 is 1.87 bits per heavy atom. The number of amides is 2. The van der Waals surface area contributed by atoms with Crippen LogP contribution in [0.5, 0.6) is 0 Å². The summed E-state index contributed by atoms with van der Waals surface area (Å²) >= 11 is 0. The Kier molecular flexibility index (Phi) is 5.11. The minimum absolute atomic E-state index is 0.0100. The van der Waals surface area contributed by atoms with Gasteiger partial charge in [0.2, 0.25) is 5.91 Å². The van der Waals surface area contributed by atoms with E-state index in [4.69, 9.17) is 4.74 Å². The van der Waals surface area contributed by atoms with Crippen LogP contribution < -0.4 is 5.32 Å². The minimum atomic E-state index is -0.485. The van der Waals surface area contributed by atoms with Gasteiger partial charge in [-0.05, 0) is 27.7 Å². The summed E-state index contributed by atoms with van der Waals surface area (Å²) in [5.74, 6) is -0.196. The predicted molar refractivity (Wildman–Crippen MR) is 57.5 cm³/mol. The monoisotopic (exact) mass is 216 g/mol. The smallest absolute Gasteiger partial charge is 0.409 e. The Balaban J connectivity index is 4.02. The highest BCUT2D eigenvalue weighted by Crippen LogP contribution is 1.98. The van der Waals surface area contributed by atoms with Crippen LogP contribution in [0.15, 0.2) is 0 Å². The second-order valence-corrected chi connectivity index (χ2v) is 4.35. The highest BCUT2D eigenvalue weighted by atomic mass is 16.6. The van der Waals surface area contributed by atoms with Crippen molar-refractivity contribution < 1.29 is 14.3 Å². The second-order valence-electron chi connectivity index (χ2n) is 4.35. The maximum absolute atomic E-state index is 11.4. The van der Waals surface area contributed by atoms with Gasteiger partial charge in [-0.3, -0.25) is 4.79 Å². The van der Waals surface area contributed by atoms with Gasteiger partial charge < -0.3 is 15.0 Å². The molecule has 0 atom stereocenters. The number of rotatable bonds is 3. The molecule has 5 nitrogen and oxygen atoms in total. The van der Waals surface area contributed by atoms with Gasteiger partial charge in [-0.1, -0.05) is 0 Å². The van der Waals surface area contributed by atoms with Crippen LogP contribution in [0.4, 0.5) is 4.79 Å². The molecule has 0 radical (unpaired) electrons. The molecule has 0 bridgehead atoms. The van der Waals surface area contributed by atoms with Crippen molar-refractivity contribution in [3.8, 4) is 0 Å². The lowest BCUT2D eigenvalue weighted by molar-refractivity contribution is -0.123. The van der Waals surface area contributed by atoms with Gasteiger partial charge in [0.1, 0.15) is 6.54 Å². The maximum atomic E-state index is 11.4. The standard InChI is InChI=1S/C10H20N2O3/c1-6-15-9(14)12(5)7-8(13)11-10(2,3)4/h6-7H2,1-5H3,(H,11,13). The highest BCUT2D eigenvalue weighted by Gasteiger charge is 2.17. The van der Waals surface area contributed by atoms with Crippen LogP contribution in [0.1, 0.15) is 27.7 Å². The largest absolute Gasteiger partial charge is 0.450 e. The van der Waals surface area contributed by atoms with Gasteiger partial charge in [-0.2, -0.15) is 0 Å². The lowest BCUT2D eigenvalue weighted by Crippen LogP contribution is -2.46. The third-order valence-corrected chi connectivity index (χ3v) is 1.47. The zero-order chi connectivity index (χ0) is 12.1. The number of nitrogens with one attached hydrogen (secondary N) is 1. The summed E-state index contributed by atoms with van der Waals surface area (Å²) in [6.07, 6.45) is -0.485. The Labute approximate surface area is 90.8 Å². The molecule has 0 unspecified atom stereocenters. The number of nitrogens with zero attached hydrogens (tertiary/aromatic N) is 1. The van der Waals surface area contributed by atoms with Gasteiger partial charge in [0.05, 0.1) is 6.61 Å². The fourth-order valence-electron chi connectivity index (χ4n) is 0.971. The Morgan fingerprint density at radius 1 is 1.33 bits per heavy atom. The molecular weight excluding hydrogens is 196 g/mol. The fourth-order valence-corrected chi connectivity index (χ4v) is 0.971. The molecule has 0 spiro atoms. The molecule has 0 saturated carbocycles. The SMILES string of the molecule is CCOC(=O)N(C)CC(=O)NC(C)(C)C. The number of hydrogen-bond donors (Lipinski definition) is 1. The predicted octanol–water partition coefficient (Wildman–Crippen LogP) is 0.989.